The maximum absolute atomic E-state index is 3.34. The number of alkyl halides is 1. The third kappa shape index (κ3) is 3.18. The zero-order chi connectivity index (χ0) is 3.41. The second-order valence-electron chi connectivity index (χ2n) is 0.378. The van der Waals surface area contributed by atoms with Crippen molar-refractivity contribution in [2.24, 2.45) is 0 Å². The minimum absolute atomic E-state index is 0.154. The van der Waals surface area contributed by atoms with Gasteiger partial charge in [-0.15, -0.1) is 15.3 Å². The molecule has 0 aliphatic carbocycles. The molecule has 0 aromatic heterocycles. The summed E-state index contributed by atoms with van der Waals surface area (Å²) in [5, 5.41) is 0. The van der Waals surface area contributed by atoms with Crippen molar-refractivity contribution in [3.8, 4) is 0 Å². The van der Waals surface area contributed by atoms with Crippen LogP contribution in [-0.2, 0) is 0 Å². The summed E-state index contributed by atoms with van der Waals surface area (Å²) in [5.41, 5.74) is 0. The average Bonchev–Trinajstić information content (AvgIpc) is 1.37. The predicted octanol–water partition coefficient (Wildman–Crippen LogP) is 0.817. The third-order valence-electron chi connectivity index (χ3n) is 0.0714. The average molecular weight is 204 g/mol. The Bertz CT molecular complexity index is 8.00. The lowest BCUT2D eigenvalue weighted by molar-refractivity contribution is 2.30. The molecule has 26 valence electrons. The Morgan fingerprint density at radius 1 is 1.75 bits per heavy atom. The molecule has 0 nitrogen and oxygen atoms in total. The number of hydrogen-bond acceptors (Lipinski definition) is 0. The Balaban J connectivity index is 1.97. The first kappa shape index (κ1) is 5.18. The molecule has 0 rings (SSSR count). The molecule has 0 radical (unpaired) electrons. The smallest absolute Gasteiger partial charge is 0.109 e. The van der Waals surface area contributed by atoms with E-state index in [-0.39, 0.29) is 8.14 Å². The van der Waals surface area contributed by atoms with Crippen LogP contribution in [0.4, 0.5) is 0 Å². The standard InChI is InChI=1S/CH4Br2Si/c2-1-4-3/h1,4H2. The van der Waals surface area contributed by atoms with Gasteiger partial charge in [0.2, 0.25) is 0 Å². The van der Waals surface area contributed by atoms with Gasteiger partial charge in [-0.05, 0) is 0 Å². The lowest BCUT2D eigenvalue weighted by atomic mass is 11.9. The van der Waals surface area contributed by atoms with Gasteiger partial charge in [0.1, 0.15) is 8.14 Å². The largest absolute Gasteiger partial charge is 0.135 e. The van der Waals surface area contributed by atoms with Gasteiger partial charge >= 0.3 is 0 Å². The zero-order valence-electron chi connectivity index (χ0n) is 2.17. The molecular weight excluding hydrogens is 200 g/mol. The summed E-state index contributed by atoms with van der Waals surface area (Å²) in [6.07, 6.45) is 0. The van der Waals surface area contributed by atoms with Gasteiger partial charge in [0.05, 0.1) is 0 Å². The van der Waals surface area contributed by atoms with E-state index >= 15 is 0 Å². The molecule has 0 aliphatic rings. The van der Waals surface area contributed by atoms with Crippen LogP contribution in [0.3, 0.4) is 0 Å². The van der Waals surface area contributed by atoms with E-state index in [0.717, 1.165) is 0 Å². The Hall–Kier alpha value is 1.18. The predicted molar refractivity (Wildman–Crippen MR) is 31.3 cm³/mol. The molecule has 0 saturated heterocycles. The van der Waals surface area contributed by atoms with Crippen molar-refractivity contribution >= 4 is 39.4 Å². The van der Waals surface area contributed by atoms with E-state index in [4.69, 9.17) is 0 Å². The summed E-state index contributed by atoms with van der Waals surface area (Å²) in [7, 11) is 0.154. The quantitative estimate of drug-likeness (QED) is 0.337. The zero-order valence-corrected chi connectivity index (χ0v) is 6.76. The molecule has 0 N–H and O–H groups in total. The van der Waals surface area contributed by atoms with Crippen LogP contribution in [0.15, 0.2) is 0 Å². The van der Waals surface area contributed by atoms with Gasteiger partial charge in [-0.3, -0.25) is 0 Å². The van der Waals surface area contributed by atoms with Crippen LogP contribution in [0.5, 0.6) is 0 Å². The molecule has 0 bridgehead atoms. The Morgan fingerprint density at radius 2 is 2.00 bits per heavy atom. The fourth-order valence-corrected chi connectivity index (χ4v) is 0. The summed E-state index contributed by atoms with van der Waals surface area (Å²) in [6, 6.07) is 0. The van der Waals surface area contributed by atoms with Gasteiger partial charge in [-0.25, -0.2) is 0 Å². The maximum Gasteiger partial charge on any atom is 0.109 e. The van der Waals surface area contributed by atoms with E-state index in [1.54, 1.807) is 0 Å². The molecule has 0 amide bonds. The highest BCUT2D eigenvalue weighted by Gasteiger charge is 1.63. The molecule has 0 saturated carbocycles. The molecule has 0 atom stereocenters. The molecule has 0 spiro atoms. The van der Waals surface area contributed by atoms with E-state index in [9.17, 15) is 0 Å². The van der Waals surface area contributed by atoms with Crippen molar-refractivity contribution in [2.75, 3.05) is 4.95 Å². The van der Waals surface area contributed by atoms with Gasteiger partial charge in [-0.1, -0.05) is 15.9 Å². The summed E-state index contributed by atoms with van der Waals surface area (Å²) in [5.74, 6) is 0. The van der Waals surface area contributed by atoms with E-state index in [1.165, 1.54) is 4.95 Å². The molecule has 0 aromatic rings. The number of rotatable bonds is 1. The molecule has 3 heteroatoms. The summed E-state index contributed by atoms with van der Waals surface area (Å²) >= 11 is 6.60. The monoisotopic (exact) mass is 202 g/mol. The molecule has 0 unspecified atom stereocenters. The van der Waals surface area contributed by atoms with Crippen LogP contribution in [0.2, 0.25) is 0 Å². The van der Waals surface area contributed by atoms with Gasteiger partial charge in [0.15, 0.2) is 0 Å². The van der Waals surface area contributed by atoms with Crippen LogP contribution in [0.25, 0.3) is 0 Å². The highest BCUT2D eigenvalue weighted by molar-refractivity contribution is 9.24. The lowest BCUT2D eigenvalue weighted by Gasteiger charge is -1.61. The molecule has 0 aliphatic heterocycles. The SMILES string of the molecule is BrC[SiH2]Br. The molecular formula is CH4Br2Si. The topological polar surface area (TPSA) is 0 Å². The highest BCUT2D eigenvalue weighted by Crippen LogP contribution is 1.78. The van der Waals surface area contributed by atoms with Crippen molar-refractivity contribution in [2.45, 2.75) is 0 Å². The van der Waals surface area contributed by atoms with E-state index in [2.05, 4.69) is 31.2 Å². The minimum Gasteiger partial charge on any atom is -0.135 e. The summed E-state index contributed by atoms with van der Waals surface area (Å²) < 4.78 is 0. The normalized spacial score (nSPS) is 10.5. The van der Waals surface area contributed by atoms with Gasteiger partial charge in [0, 0.05) is 4.95 Å². The third-order valence-corrected chi connectivity index (χ3v) is 5.79. The second-order valence-corrected chi connectivity index (χ2v) is 5.89. The Labute approximate surface area is 44.5 Å². The number of hydrogen-bond donors (Lipinski definition) is 0. The van der Waals surface area contributed by atoms with Gasteiger partial charge in [0.25, 0.3) is 0 Å². The second kappa shape index (κ2) is 4.18. The van der Waals surface area contributed by atoms with Gasteiger partial charge < -0.3 is 0 Å². The van der Waals surface area contributed by atoms with Crippen molar-refractivity contribution in [3.63, 3.8) is 0 Å². The summed E-state index contributed by atoms with van der Waals surface area (Å²) in [4.78, 5) is 1.19. The molecule has 0 heterocycles. The first-order chi connectivity index (χ1) is 1.91. The van der Waals surface area contributed by atoms with Crippen LogP contribution in [0.1, 0.15) is 0 Å². The van der Waals surface area contributed by atoms with Crippen LogP contribution in [0, 0.1) is 0 Å². The van der Waals surface area contributed by atoms with Crippen LogP contribution >= 0.6 is 31.2 Å². The van der Waals surface area contributed by atoms with E-state index in [0.29, 0.717) is 0 Å². The fourth-order valence-electron chi connectivity index (χ4n) is 0. The maximum atomic E-state index is 3.34. The van der Waals surface area contributed by atoms with E-state index < -0.39 is 0 Å². The fraction of sp³-hybridized carbons (Fsp3) is 1.00. The minimum atomic E-state index is 0.154. The molecule has 4 heavy (non-hydrogen) atoms. The Morgan fingerprint density at radius 3 is 2.00 bits per heavy atom. The number of halogens is 2. The van der Waals surface area contributed by atoms with Crippen molar-refractivity contribution in [3.05, 3.63) is 0 Å². The van der Waals surface area contributed by atoms with Crippen molar-refractivity contribution in [1.29, 1.82) is 0 Å². The lowest BCUT2D eigenvalue weighted by Crippen LogP contribution is -1.69. The van der Waals surface area contributed by atoms with Crippen molar-refractivity contribution < 1.29 is 0 Å². The van der Waals surface area contributed by atoms with Crippen LogP contribution in [-0.4, -0.2) is 13.1 Å². The first-order valence-electron chi connectivity index (χ1n) is 1.03. The first-order valence-corrected chi connectivity index (χ1v) is 7.05. The Kier molecular flexibility index (Phi) is 5.41. The van der Waals surface area contributed by atoms with Crippen molar-refractivity contribution in [1.82, 2.24) is 0 Å². The molecule has 0 fully saturated rings. The van der Waals surface area contributed by atoms with Crippen LogP contribution < -0.4 is 0 Å². The van der Waals surface area contributed by atoms with Gasteiger partial charge in [-0.2, -0.15) is 0 Å². The summed E-state index contributed by atoms with van der Waals surface area (Å²) in [6.45, 7) is 0. The molecule has 0 aromatic carbocycles. The highest BCUT2D eigenvalue weighted by atomic mass is 79.9. The van der Waals surface area contributed by atoms with E-state index in [1.807, 2.05) is 0 Å².